The van der Waals surface area contributed by atoms with Gasteiger partial charge in [0.2, 0.25) is 0 Å². The molecule has 3 rings (SSSR count). The number of carbonyl (C=O) groups excluding carboxylic acids is 1. The Kier molecular flexibility index (Phi) is 4.42. The highest BCUT2D eigenvalue weighted by atomic mass is 32.2. The molecule has 1 aliphatic rings. The van der Waals surface area contributed by atoms with Gasteiger partial charge in [-0.1, -0.05) is 13.8 Å². The van der Waals surface area contributed by atoms with E-state index in [9.17, 15) is 4.79 Å². The van der Waals surface area contributed by atoms with E-state index in [0.29, 0.717) is 22.5 Å². The zero-order valence-electron chi connectivity index (χ0n) is 12.7. The molecule has 0 aliphatic carbocycles. The number of carbonyl (C=O) groups is 1. The second kappa shape index (κ2) is 6.48. The molecule has 2 aromatic rings. The summed E-state index contributed by atoms with van der Waals surface area (Å²) in [6.45, 7) is 6.03. The maximum Gasteiger partial charge on any atom is 0.254 e. The smallest absolute Gasteiger partial charge is 0.254 e. The Hall–Kier alpha value is -1.89. The molecule has 1 saturated heterocycles. The molecule has 1 amide bonds. The average molecular weight is 317 g/mol. The number of hydrogen-bond acceptors (Lipinski definition) is 5. The average Bonchev–Trinajstić information content (AvgIpc) is 3.09. The van der Waals surface area contributed by atoms with E-state index in [2.05, 4.69) is 28.9 Å². The molecule has 7 heteroatoms. The van der Waals surface area contributed by atoms with Crippen molar-refractivity contribution in [2.75, 3.05) is 18.8 Å². The number of amides is 1. The highest BCUT2D eigenvalue weighted by Gasteiger charge is 2.26. The fourth-order valence-electron chi connectivity index (χ4n) is 2.45. The van der Waals surface area contributed by atoms with E-state index in [1.165, 1.54) is 6.33 Å². The van der Waals surface area contributed by atoms with Crippen molar-refractivity contribution in [3.63, 3.8) is 0 Å². The van der Waals surface area contributed by atoms with E-state index >= 15 is 0 Å². The molecule has 1 atom stereocenters. The molecule has 2 aromatic heterocycles. The van der Waals surface area contributed by atoms with Crippen LogP contribution in [0.4, 0.5) is 0 Å². The third-order valence-corrected chi connectivity index (χ3v) is 5.31. The van der Waals surface area contributed by atoms with Crippen LogP contribution >= 0.6 is 11.8 Å². The van der Waals surface area contributed by atoms with Gasteiger partial charge in [-0.05, 0) is 18.1 Å². The second-order valence-electron chi connectivity index (χ2n) is 5.65. The lowest BCUT2D eigenvalue weighted by Crippen LogP contribution is -2.43. The van der Waals surface area contributed by atoms with E-state index in [0.717, 1.165) is 18.8 Å². The highest BCUT2D eigenvalue weighted by molar-refractivity contribution is 8.00. The Morgan fingerprint density at radius 2 is 2.32 bits per heavy atom. The summed E-state index contributed by atoms with van der Waals surface area (Å²) < 4.78 is 1.56. The maximum absolute atomic E-state index is 12.7. The van der Waals surface area contributed by atoms with Crippen LogP contribution in [-0.2, 0) is 0 Å². The van der Waals surface area contributed by atoms with E-state index < -0.39 is 0 Å². The van der Waals surface area contributed by atoms with Gasteiger partial charge in [-0.15, -0.1) is 0 Å². The molecule has 0 N–H and O–H groups in total. The maximum atomic E-state index is 12.7. The van der Waals surface area contributed by atoms with Crippen LogP contribution in [0.3, 0.4) is 0 Å². The van der Waals surface area contributed by atoms with Crippen LogP contribution in [0, 0.1) is 5.92 Å². The van der Waals surface area contributed by atoms with Crippen LogP contribution < -0.4 is 0 Å². The predicted molar refractivity (Wildman–Crippen MR) is 86.1 cm³/mol. The van der Waals surface area contributed by atoms with Crippen LogP contribution in [0.25, 0.3) is 5.82 Å². The molecule has 0 aromatic carbocycles. The summed E-state index contributed by atoms with van der Waals surface area (Å²) in [5.41, 5.74) is 0.648. The normalized spacial score (nSPS) is 18.7. The molecule has 1 fully saturated rings. The molecule has 22 heavy (non-hydrogen) atoms. The quantitative estimate of drug-likeness (QED) is 0.865. The van der Waals surface area contributed by atoms with Gasteiger partial charge in [0.15, 0.2) is 5.82 Å². The van der Waals surface area contributed by atoms with E-state index in [1.807, 2.05) is 16.7 Å². The Morgan fingerprint density at radius 3 is 3.05 bits per heavy atom. The first kappa shape index (κ1) is 15.0. The molecule has 116 valence electrons. The summed E-state index contributed by atoms with van der Waals surface area (Å²) in [5, 5.41) is 4.56. The predicted octanol–water partition coefficient (Wildman–Crippen LogP) is 1.88. The lowest BCUT2D eigenvalue weighted by Gasteiger charge is -2.34. The van der Waals surface area contributed by atoms with Gasteiger partial charge in [0.25, 0.3) is 5.91 Å². The summed E-state index contributed by atoms with van der Waals surface area (Å²) in [6, 6.07) is 3.53. The van der Waals surface area contributed by atoms with Gasteiger partial charge < -0.3 is 4.90 Å². The fraction of sp³-hybridized carbons (Fsp3) is 0.467. The number of rotatable bonds is 3. The van der Waals surface area contributed by atoms with Gasteiger partial charge in [-0.3, -0.25) is 4.79 Å². The second-order valence-corrected chi connectivity index (χ2v) is 6.99. The number of aromatic nitrogens is 4. The van der Waals surface area contributed by atoms with Crippen LogP contribution in [-0.4, -0.2) is 54.6 Å². The topological polar surface area (TPSA) is 63.9 Å². The highest BCUT2D eigenvalue weighted by Crippen LogP contribution is 2.25. The largest absolute Gasteiger partial charge is 0.337 e. The Labute approximate surface area is 133 Å². The van der Waals surface area contributed by atoms with Crippen molar-refractivity contribution in [1.82, 2.24) is 24.6 Å². The summed E-state index contributed by atoms with van der Waals surface area (Å²) in [4.78, 5) is 22.8. The van der Waals surface area contributed by atoms with Crippen molar-refractivity contribution < 1.29 is 4.79 Å². The third kappa shape index (κ3) is 3.14. The SMILES string of the molecule is CC(C)C1CN(C(=O)c2ccnc(-n3cncn3)c2)CCS1. The van der Waals surface area contributed by atoms with Gasteiger partial charge in [0.05, 0.1) is 0 Å². The molecule has 1 unspecified atom stereocenters. The van der Waals surface area contributed by atoms with Crippen LogP contribution in [0.1, 0.15) is 24.2 Å². The molecular formula is C15H19N5OS. The summed E-state index contributed by atoms with van der Waals surface area (Å²) in [7, 11) is 0. The van der Waals surface area contributed by atoms with Gasteiger partial charge in [0, 0.05) is 35.9 Å². The molecule has 0 saturated carbocycles. The Balaban J connectivity index is 1.79. The molecule has 3 heterocycles. The summed E-state index contributed by atoms with van der Waals surface area (Å²) in [6.07, 6.45) is 4.66. The first-order valence-corrected chi connectivity index (χ1v) is 8.42. The molecule has 0 bridgehead atoms. The Bertz CT molecular complexity index is 643. The minimum absolute atomic E-state index is 0.0646. The number of hydrogen-bond donors (Lipinski definition) is 0. The van der Waals surface area contributed by atoms with Crippen molar-refractivity contribution in [2.45, 2.75) is 19.1 Å². The summed E-state index contributed by atoms with van der Waals surface area (Å²) >= 11 is 1.96. The van der Waals surface area contributed by atoms with Crippen molar-refractivity contribution in [3.05, 3.63) is 36.5 Å². The van der Waals surface area contributed by atoms with Gasteiger partial charge in [-0.25, -0.2) is 14.6 Å². The zero-order chi connectivity index (χ0) is 15.5. The minimum Gasteiger partial charge on any atom is -0.337 e. The first-order valence-electron chi connectivity index (χ1n) is 7.37. The molecular weight excluding hydrogens is 298 g/mol. The van der Waals surface area contributed by atoms with Crippen molar-refractivity contribution in [1.29, 1.82) is 0 Å². The minimum atomic E-state index is 0.0646. The lowest BCUT2D eigenvalue weighted by molar-refractivity contribution is 0.0756. The fourth-order valence-corrected chi connectivity index (χ4v) is 3.75. The zero-order valence-corrected chi connectivity index (χ0v) is 13.5. The first-order chi connectivity index (χ1) is 10.6. The van der Waals surface area contributed by atoms with E-state index in [-0.39, 0.29) is 5.91 Å². The van der Waals surface area contributed by atoms with Crippen LogP contribution in [0.5, 0.6) is 0 Å². The van der Waals surface area contributed by atoms with E-state index in [1.54, 1.807) is 29.3 Å². The van der Waals surface area contributed by atoms with Crippen molar-refractivity contribution in [3.8, 4) is 5.82 Å². The van der Waals surface area contributed by atoms with E-state index in [4.69, 9.17) is 0 Å². The van der Waals surface area contributed by atoms with Gasteiger partial charge in [-0.2, -0.15) is 16.9 Å². The standard InChI is InChI=1S/C15H19N5OS/c1-11(2)13-8-19(5-6-22-13)15(21)12-3-4-17-14(7-12)20-10-16-9-18-20/h3-4,7,9-11,13H,5-6,8H2,1-2H3. The molecule has 1 aliphatic heterocycles. The molecule has 6 nitrogen and oxygen atoms in total. The Morgan fingerprint density at radius 1 is 1.45 bits per heavy atom. The van der Waals surface area contributed by atoms with Crippen molar-refractivity contribution in [2.24, 2.45) is 5.92 Å². The number of pyridine rings is 1. The van der Waals surface area contributed by atoms with Crippen molar-refractivity contribution >= 4 is 17.7 Å². The monoisotopic (exact) mass is 317 g/mol. The molecule has 0 radical (unpaired) electrons. The third-order valence-electron chi connectivity index (χ3n) is 3.77. The number of nitrogens with zero attached hydrogens (tertiary/aromatic N) is 5. The molecule has 0 spiro atoms. The van der Waals surface area contributed by atoms with Gasteiger partial charge in [0.1, 0.15) is 12.7 Å². The number of thioether (sulfide) groups is 1. The van der Waals surface area contributed by atoms with Crippen LogP contribution in [0.15, 0.2) is 31.0 Å². The lowest BCUT2D eigenvalue weighted by atomic mass is 10.1. The van der Waals surface area contributed by atoms with Crippen LogP contribution in [0.2, 0.25) is 0 Å². The van der Waals surface area contributed by atoms with Gasteiger partial charge >= 0.3 is 0 Å². The summed E-state index contributed by atoms with van der Waals surface area (Å²) in [5.74, 6) is 2.24.